The second-order valence-corrected chi connectivity index (χ2v) is 4.96. The predicted molar refractivity (Wildman–Crippen MR) is 79.1 cm³/mol. The molecule has 0 fully saturated rings. The number of benzene rings is 1. The third-order valence-corrected chi connectivity index (χ3v) is 3.20. The van der Waals surface area contributed by atoms with Crippen molar-refractivity contribution in [1.82, 2.24) is 15.5 Å². The molecule has 0 aliphatic rings. The summed E-state index contributed by atoms with van der Waals surface area (Å²) in [5.41, 5.74) is 1.49. The highest BCUT2D eigenvalue weighted by Crippen LogP contribution is 2.15. The maximum atomic E-state index is 11.9. The third kappa shape index (κ3) is 4.18. The van der Waals surface area contributed by atoms with Gasteiger partial charge in [-0.05, 0) is 24.5 Å². The third-order valence-electron chi connectivity index (χ3n) is 2.73. The minimum atomic E-state index is -0.292. The predicted octanol–water partition coefficient (Wildman–Crippen LogP) is 3.15. The largest absolute Gasteiger partial charge is 0.352 e. The van der Waals surface area contributed by atoms with Crippen LogP contribution in [-0.2, 0) is 6.42 Å². The molecule has 1 N–H and O–H groups in total. The van der Waals surface area contributed by atoms with Gasteiger partial charge in [0.2, 0.25) is 0 Å². The van der Waals surface area contributed by atoms with Crippen LogP contribution in [0.1, 0.15) is 22.3 Å². The van der Waals surface area contributed by atoms with Crippen LogP contribution < -0.4 is 5.32 Å². The molecule has 0 aliphatic heterocycles. The van der Waals surface area contributed by atoms with Crippen LogP contribution in [0.4, 0.5) is 0 Å². The minimum Gasteiger partial charge on any atom is -0.352 e. The van der Waals surface area contributed by atoms with Gasteiger partial charge in [0.25, 0.3) is 5.91 Å². The van der Waals surface area contributed by atoms with Gasteiger partial charge in [0.05, 0.1) is 5.56 Å². The van der Waals surface area contributed by atoms with Crippen LogP contribution >= 0.6 is 23.2 Å². The molecule has 0 aliphatic carbocycles. The summed E-state index contributed by atoms with van der Waals surface area (Å²) in [7, 11) is 0. The molecular formula is C14H13Cl2N3O. The lowest BCUT2D eigenvalue weighted by molar-refractivity contribution is 0.0953. The standard InChI is InChI=1S/C14H13Cl2N3O/c15-12-9-11(13(16)19-18-12)14(20)17-8-4-7-10-5-2-1-3-6-10/h1-3,5-6,9H,4,7-8H2,(H,17,20). The van der Waals surface area contributed by atoms with E-state index in [2.05, 4.69) is 27.6 Å². The number of amides is 1. The van der Waals surface area contributed by atoms with Crippen LogP contribution in [0.2, 0.25) is 10.3 Å². The molecule has 2 rings (SSSR count). The molecule has 0 saturated heterocycles. The second kappa shape index (κ2) is 7.22. The molecule has 0 bridgehead atoms. The fraction of sp³-hybridized carbons (Fsp3) is 0.214. The molecule has 0 saturated carbocycles. The van der Waals surface area contributed by atoms with Crippen molar-refractivity contribution in [2.45, 2.75) is 12.8 Å². The Morgan fingerprint density at radius 3 is 2.65 bits per heavy atom. The van der Waals surface area contributed by atoms with Gasteiger partial charge < -0.3 is 5.32 Å². The topological polar surface area (TPSA) is 54.9 Å². The van der Waals surface area contributed by atoms with Crippen LogP contribution in [0.15, 0.2) is 36.4 Å². The Morgan fingerprint density at radius 2 is 1.90 bits per heavy atom. The first-order chi connectivity index (χ1) is 9.66. The van der Waals surface area contributed by atoms with E-state index in [0.717, 1.165) is 12.8 Å². The summed E-state index contributed by atoms with van der Waals surface area (Å²) < 4.78 is 0. The van der Waals surface area contributed by atoms with E-state index < -0.39 is 0 Å². The molecule has 0 radical (unpaired) electrons. The van der Waals surface area contributed by atoms with Crippen molar-refractivity contribution >= 4 is 29.1 Å². The molecule has 0 atom stereocenters. The van der Waals surface area contributed by atoms with Crippen molar-refractivity contribution in [1.29, 1.82) is 0 Å². The Balaban J connectivity index is 1.82. The summed E-state index contributed by atoms with van der Waals surface area (Å²) in [6.07, 6.45) is 1.75. The lowest BCUT2D eigenvalue weighted by Gasteiger charge is -2.06. The SMILES string of the molecule is O=C(NCCCc1ccccc1)c1cc(Cl)nnc1Cl. The minimum absolute atomic E-state index is 0.0509. The number of hydrogen-bond donors (Lipinski definition) is 1. The van der Waals surface area contributed by atoms with Crippen LogP contribution in [0.25, 0.3) is 0 Å². The van der Waals surface area contributed by atoms with Crippen molar-refractivity contribution < 1.29 is 4.79 Å². The van der Waals surface area contributed by atoms with Crippen molar-refractivity contribution in [3.8, 4) is 0 Å². The summed E-state index contributed by atoms with van der Waals surface area (Å²) in [6, 6.07) is 11.5. The van der Waals surface area contributed by atoms with Crippen LogP contribution in [-0.4, -0.2) is 22.6 Å². The average Bonchev–Trinajstić information content (AvgIpc) is 2.47. The number of hydrogen-bond acceptors (Lipinski definition) is 3. The van der Waals surface area contributed by atoms with E-state index >= 15 is 0 Å². The van der Waals surface area contributed by atoms with Gasteiger partial charge in [0.15, 0.2) is 10.3 Å². The molecular weight excluding hydrogens is 297 g/mol. The summed E-state index contributed by atoms with van der Waals surface area (Å²) >= 11 is 11.5. The lowest BCUT2D eigenvalue weighted by Crippen LogP contribution is -2.25. The van der Waals surface area contributed by atoms with E-state index in [4.69, 9.17) is 23.2 Å². The van der Waals surface area contributed by atoms with Crippen molar-refractivity contribution in [3.63, 3.8) is 0 Å². The zero-order valence-electron chi connectivity index (χ0n) is 10.6. The molecule has 20 heavy (non-hydrogen) atoms. The van der Waals surface area contributed by atoms with Crippen LogP contribution in [0, 0.1) is 0 Å². The van der Waals surface area contributed by atoms with Gasteiger partial charge in [-0.1, -0.05) is 53.5 Å². The zero-order valence-corrected chi connectivity index (χ0v) is 12.2. The Kier molecular flexibility index (Phi) is 5.32. The molecule has 104 valence electrons. The first-order valence-corrected chi connectivity index (χ1v) is 6.93. The van der Waals surface area contributed by atoms with Crippen LogP contribution in [0.3, 0.4) is 0 Å². The summed E-state index contributed by atoms with van der Waals surface area (Å²) in [4.78, 5) is 11.9. The Morgan fingerprint density at radius 1 is 1.15 bits per heavy atom. The molecule has 0 spiro atoms. The number of aromatic nitrogens is 2. The Hall–Kier alpha value is -1.65. The van der Waals surface area contributed by atoms with Crippen molar-refractivity contribution in [2.24, 2.45) is 0 Å². The highest BCUT2D eigenvalue weighted by molar-refractivity contribution is 6.34. The Labute approximate surface area is 127 Å². The fourth-order valence-corrected chi connectivity index (χ4v) is 2.07. The van der Waals surface area contributed by atoms with Gasteiger partial charge in [0, 0.05) is 6.54 Å². The average molecular weight is 310 g/mol. The lowest BCUT2D eigenvalue weighted by atomic mass is 10.1. The van der Waals surface area contributed by atoms with E-state index in [9.17, 15) is 4.79 Å². The normalized spacial score (nSPS) is 10.3. The smallest absolute Gasteiger partial charge is 0.254 e. The molecule has 6 heteroatoms. The molecule has 1 aromatic heterocycles. The molecule has 0 unspecified atom stereocenters. The van der Waals surface area contributed by atoms with E-state index in [1.54, 1.807) is 0 Å². The number of nitrogens with one attached hydrogen (secondary N) is 1. The number of nitrogens with zero attached hydrogens (tertiary/aromatic N) is 2. The number of carbonyl (C=O) groups is 1. The first-order valence-electron chi connectivity index (χ1n) is 6.17. The van der Waals surface area contributed by atoms with Crippen molar-refractivity contribution in [3.05, 3.63) is 57.8 Å². The fourth-order valence-electron chi connectivity index (χ4n) is 1.75. The number of carbonyl (C=O) groups excluding carboxylic acids is 1. The highest BCUT2D eigenvalue weighted by atomic mass is 35.5. The van der Waals surface area contributed by atoms with Gasteiger partial charge in [-0.15, -0.1) is 10.2 Å². The van der Waals surface area contributed by atoms with Gasteiger partial charge in [-0.2, -0.15) is 0 Å². The number of halogens is 2. The zero-order chi connectivity index (χ0) is 14.4. The highest BCUT2D eigenvalue weighted by Gasteiger charge is 2.12. The van der Waals surface area contributed by atoms with Gasteiger partial charge >= 0.3 is 0 Å². The van der Waals surface area contributed by atoms with Gasteiger partial charge in [-0.3, -0.25) is 4.79 Å². The summed E-state index contributed by atoms with van der Waals surface area (Å²) in [5.74, 6) is -0.292. The molecule has 1 amide bonds. The van der Waals surface area contributed by atoms with E-state index in [0.29, 0.717) is 6.54 Å². The van der Waals surface area contributed by atoms with E-state index in [-0.39, 0.29) is 21.8 Å². The quantitative estimate of drug-likeness (QED) is 0.863. The van der Waals surface area contributed by atoms with Crippen molar-refractivity contribution in [2.75, 3.05) is 6.54 Å². The van der Waals surface area contributed by atoms with E-state index in [1.807, 2.05) is 18.2 Å². The second-order valence-electron chi connectivity index (χ2n) is 4.22. The summed E-state index contributed by atoms with van der Waals surface area (Å²) in [6.45, 7) is 0.560. The van der Waals surface area contributed by atoms with Crippen LogP contribution in [0.5, 0.6) is 0 Å². The summed E-state index contributed by atoms with van der Waals surface area (Å²) in [5, 5.41) is 10.1. The maximum absolute atomic E-state index is 11.9. The van der Waals surface area contributed by atoms with Gasteiger partial charge in [-0.25, -0.2) is 0 Å². The van der Waals surface area contributed by atoms with Gasteiger partial charge in [0.1, 0.15) is 0 Å². The maximum Gasteiger partial charge on any atom is 0.254 e. The molecule has 1 heterocycles. The Bertz CT molecular complexity index is 590. The number of aryl methyl sites for hydroxylation is 1. The molecule has 1 aromatic carbocycles. The first kappa shape index (κ1) is 14.8. The molecule has 2 aromatic rings. The molecule has 4 nitrogen and oxygen atoms in total. The number of rotatable bonds is 5. The van der Waals surface area contributed by atoms with E-state index in [1.165, 1.54) is 11.6 Å². The monoisotopic (exact) mass is 309 g/mol.